The summed E-state index contributed by atoms with van der Waals surface area (Å²) in [7, 11) is 0. The molecular formula is C26H34F2N8O2. The summed E-state index contributed by atoms with van der Waals surface area (Å²) in [5, 5.41) is 18.5. The number of rotatable bonds is 10. The van der Waals surface area contributed by atoms with Gasteiger partial charge in [0.15, 0.2) is 5.65 Å². The van der Waals surface area contributed by atoms with Crippen molar-refractivity contribution in [2.45, 2.75) is 89.8 Å². The first kappa shape index (κ1) is 26.2. The summed E-state index contributed by atoms with van der Waals surface area (Å²) < 4.78 is 31.0. The van der Waals surface area contributed by atoms with Gasteiger partial charge in [0.1, 0.15) is 5.69 Å². The number of carbonyl (C=O) groups is 2. The zero-order valence-electron chi connectivity index (χ0n) is 21.7. The molecule has 0 radical (unpaired) electrons. The third-order valence-corrected chi connectivity index (χ3v) is 7.59. The molecule has 0 aliphatic heterocycles. The Balaban J connectivity index is 1.43. The van der Waals surface area contributed by atoms with Gasteiger partial charge in [0.25, 0.3) is 5.91 Å². The number of hydrogen-bond donors (Lipinski definition) is 2. The van der Waals surface area contributed by atoms with Crippen molar-refractivity contribution in [1.29, 1.82) is 0 Å². The smallest absolute Gasteiger partial charge is 0.271 e. The Morgan fingerprint density at radius 2 is 1.82 bits per heavy atom. The fraction of sp³-hybridized carbons (Fsp3) is 0.615. The summed E-state index contributed by atoms with van der Waals surface area (Å²) in [5.41, 5.74) is 2.33. The predicted molar refractivity (Wildman–Crippen MR) is 134 cm³/mol. The molecule has 3 aromatic heterocycles. The van der Waals surface area contributed by atoms with Gasteiger partial charge in [-0.05, 0) is 62.5 Å². The van der Waals surface area contributed by atoms with Crippen LogP contribution in [0.15, 0.2) is 24.7 Å². The average Bonchev–Trinajstić information content (AvgIpc) is 3.45. The van der Waals surface area contributed by atoms with Crippen molar-refractivity contribution in [3.63, 3.8) is 0 Å². The van der Waals surface area contributed by atoms with Crippen LogP contribution in [0.5, 0.6) is 0 Å². The summed E-state index contributed by atoms with van der Waals surface area (Å²) in [4.78, 5) is 30.3. The maximum atomic E-state index is 14.0. The zero-order valence-corrected chi connectivity index (χ0v) is 21.7. The van der Waals surface area contributed by atoms with Gasteiger partial charge < -0.3 is 10.6 Å². The minimum Gasteiger partial charge on any atom is -0.349 e. The summed E-state index contributed by atoms with van der Waals surface area (Å²) in [5.74, 6) is -2.88. The third-order valence-electron chi connectivity index (χ3n) is 7.59. The van der Waals surface area contributed by atoms with E-state index in [9.17, 15) is 18.4 Å². The maximum absolute atomic E-state index is 14.0. The van der Waals surface area contributed by atoms with Crippen LogP contribution in [-0.4, -0.2) is 47.3 Å². The Hall–Kier alpha value is -3.44. The molecule has 3 heterocycles. The van der Waals surface area contributed by atoms with Gasteiger partial charge in [-0.15, -0.1) is 5.10 Å². The van der Waals surface area contributed by atoms with Crippen LogP contribution in [0, 0.1) is 11.8 Å². The maximum Gasteiger partial charge on any atom is 0.271 e. The molecule has 2 fully saturated rings. The molecule has 204 valence electrons. The highest BCUT2D eigenvalue weighted by Gasteiger charge is 2.40. The molecule has 2 N–H and O–H groups in total. The van der Waals surface area contributed by atoms with E-state index >= 15 is 0 Å². The molecule has 0 unspecified atom stereocenters. The summed E-state index contributed by atoms with van der Waals surface area (Å²) in [6.07, 6.45) is 8.31. The molecule has 10 nitrogen and oxygen atoms in total. The van der Waals surface area contributed by atoms with Crippen molar-refractivity contribution in [1.82, 2.24) is 40.2 Å². The molecule has 12 heteroatoms. The SMILES string of the molecule is CCCC(=O)N[C@@H](c1cnn2cc([C@@H](NC(=O)c3cnnn3CC)C3CCC(F)(F)CC3)nc2c1)C1CC1. The van der Waals surface area contributed by atoms with Gasteiger partial charge in [-0.25, -0.2) is 23.0 Å². The van der Waals surface area contributed by atoms with Crippen molar-refractivity contribution in [2.75, 3.05) is 0 Å². The number of aryl methyl sites for hydroxylation is 1. The molecule has 2 aliphatic carbocycles. The van der Waals surface area contributed by atoms with Crippen LogP contribution in [0.25, 0.3) is 5.65 Å². The first-order valence-electron chi connectivity index (χ1n) is 13.5. The van der Waals surface area contributed by atoms with Crippen LogP contribution in [0.4, 0.5) is 8.78 Å². The molecule has 0 saturated heterocycles. The quantitative estimate of drug-likeness (QED) is 0.411. The Bertz CT molecular complexity index is 1290. The van der Waals surface area contributed by atoms with Crippen LogP contribution in [0.1, 0.15) is 99.0 Å². The first-order valence-corrected chi connectivity index (χ1v) is 13.5. The van der Waals surface area contributed by atoms with E-state index in [-0.39, 0.29) is 49.5 Å². The van der Waals surface area contributed by atoms with E-state index in [0.717, 1.165) is 24.8 Å². The largest absolute Gasteiger partial charge is 0.349 e. The Morgan fingerprint density at radius 1 is 1.08 bits per heavy atom. The van der Waals surface area contributed by atoms with E-state index in [1.165, 1.54) is 10.9 Å². The lowest BCUT2D eigenvalue weighted by atomic mass is 9.81. The van der Waals surface area contributed by atoms with Crippen LogP contribution >= 0.6 is 0 Å². The lowest BCUT2D eigenvalue weighted by molar-refractivity contribution is -0.122. The van der Waals surface area contributed by atoms with Gasteiger partial charge in [-0.2, -0.15) is 5.10 Å². The number of imidazole rings is 1. The molecule has 2 atom stereocenters. The highest BCUT2D eigenvalue weighted by atomic mass is 19.3. The Kier molecular flexibility index (Phi) is 7.40. The Labute approximate surface area is 219 Å². The third kappa shape index (κ3) is 5.68. The second kappa shape index (κ2) is 10.7. The topological polar surface area (TPSA) is 119 Å². The number of nitrogens with one attached hydrogen (secondary N) is 2. The molecule has 0 bridgehead atoms. The van der Waals surface area contributed by atoms with Crippen molar-refractivity contribution in [3.8, 4) is 0 Å². The van der Waals surface area contributed by atoms with Gasteiger partial charge >= 0.3 is 0 Å². The van der Waals surface area contributed by atoms with Crippen molar-refractivity contribution < 1.29 is 18.4 Å². The Morgan fingerprint density at radius 3 is 2.50 bits per heavy atom. The molecule has 2 aliphatic rings. The van der Waals surface area contributed by atoms with Crippen LogP contribution in [0.2, 0.25) is 0 Å². The zero-order chi connectivity index (χ0) is 26.9. The number of hydrogen-bond acceptors (Lipinski definition) is 6. The monoisotopic (exact) mass is 528 g/mol. The number of nitrogens with zero attached hydrogens (tertiary/aromatic N) is 6. The molecule has 38 heavy (non-hydrogen) atoms. The average molecular weight is 529 g/mol. The number of alkyl halides is 2. The first-order chi connectivity index (χ1) is 18.3. The van der Waals surface area contributed by atoms with E-state index < -0.39 is 12.0 Å². The van der Waals surface area contributed by atoms with Gasteiger partial charge in [0.05, 0.1) is 36.4 Å². The van der Waals surface area contributed by atoms with E-state index in [1.54, 1.807) is 16.9 Å². The second-order valence-corrected chi connectivity index (χ2v) is 10.5. The fourth-order valence-electron chi connectivity index (χ4n) is 5.32. The van der Waals surface area contributed by atoms with Crippen molar-refractivity contribution in [2.24, 2.45) is 11.8 Å². The van der Waals surface area contributed by atoms with Crippen LogP contribution in [0.3, 0.4) is 0 Å². The molecule has 2 saturated carbocycles. The fourth-order valence-corrected chi connectivity index (χ4v) is 5.32. The standard InChI is InChI=1S/C26H34F2N8O2/c1-3-5-22(37)32-23(16-6-7-16)18-12-21-31-19(15-36(21)30-13-18)24(17-8-10-26(27,28)11-9-17)33-25(38)20-14-29-34-35(20)4-2/h12-17,23-24H,3-11H2,1-2H3,(H,32,37)(H,33,38)/t23-,24+/m1/s1. The molecular weight excluding hydrogens is 494 g/mol. The normalized spacial score (nSPS) is 19.3. The van der Waals surface area contributed by atoms with E-state index in [4.69, 9.17) is 4.98 Å². The van der Waals surface area contributed by atoms with E-state index in [2.05, 4.69) is 26.0 Å². The molecule has 3 aromatic rings. The highest BCUT2D eigenvalue weighted by Crippen LogP contribution is 2.42. The predicted octanol–water partition coefficient (Wildman–Crippen LogP) is 4.00. The number of halogens is 2. The number of amides is 2. The van der Waals surface area contributed by atoms with Gasteiger partial charge in [0.2, 0.25) is 11.8 Å². The van der Waals surface area contributed by atoms with Crippen molar-refractivity contribution in [3.05, 3.63) is 41.6 Å². The van der Waals surface area contributed by atoms with Gasteiger partial charge in [-0.3, -0.25) is 9.59 Å². The summed E-state index contributed by atoms with van der Waals surface area (Å²) in [6, 6.07) is 1.22. The van der Waals surface area contributed by atoms with Crippen LogP contribution < -0.4 is 10.6 Å². The lowest BCUT2D eigenvalue weighted by Gasteiger charge is -2.33. The highest BCUT2D eigenvalue weighted by molar-refractivity contribution is 5.92. The molecule has 0 aromatic carbocycles. The van der Waals surface area contributed by atoms with E-state index in [1.807, 2.05) is 19.9 Å². The number of aromatic nitrogens is 6. The molecule has 5 rings (SSSR count). The number of carbonyl (C=O) groups excluding carboxylic acids is 2. The van der Waals surface area contributed by atoms with Crippen LogP contribution in [-0.2, 0) is 11.3 Å². The number of fused-ring (bicyclic) bond motifs is 1. The second-order valence-electron chi connectivity index (χ2n) is 10.5. The van der Waals surface area contributed by atoms with Gasteiger partial charge in [0, 0.05) is 25.8 Å². The molecule has 0 spiro atoms. The minimum absolute atomic E-state index is 0.0194. The van der Waals surface area contributed by atoms with E-state index in [0.29, 0.717) is 35.9 Å². The minimum atomic E-state index is -2.69. The summed E-state index contributed by atoms with van der Waals surface area (Å²) >= 11 is 0. The lowest BCUT2D eigenvalue weighted by Crippen LogP contribution is -2.38. The van der Waals surface area contributed by atoms with Crippen molar-refractivity contribution >= 4 is 17.5 Å². The summed E-state index contributed by atoms with van der Waals surface area (Å²) in [6.45, 7) is 4.30. The van der Waals surface area contributed by atoms with Gasteiger partial charge in [-0.1, -0.05) is 12.1 Å². The molecule has 2 amide bonds.